The third-order valence-electron chi connectivity index (χ3n) is 3.56. The highest BCUT2D eigenvalue weighted by Crippen LogP contribution is 2.26. The molecule has 1 atom stereocenters. The van der Waals surface area contributed by atoms with E-state index in [1.165, 1.54) is 30.8 Å². The summed E-state index contributed by atoms with van der Waals surface area (Å²) in [5, 5.41) is 3.55. The second-order valence-corrected chi connectivity index (χ2v) is 5.45. The molecule has 1 fully saturated rings. The second-order valence-electron chi connectivity index (χ2n) is 5.45. The predicted octanol–water partition coefficient (Wildman–Crippen LogP) is 2.82. The molecule has 0 amide bonds. The van der Waals surface area contributed by atoms with E-state index in [1.807, 2.05) is 0 Å². The zero-order valence-corrected chi connectivity index (χ0v) is 11.2. The van der Waals surface area contributed by atoms with Crippen molar-refractivity contribution in [2.24, 2.45) is 5.92 Å². The minimum atomic E-state index is 0.600. The van der Waals surface area contributed by atoms with E-state index in [1.54, 1.807) is 0 Å². The monoisotopic (exact) mass is 232 g/mol. The first-order valence-electron chi connectivity index (χ1n) is 6.71. The molecule has 0 radical (unpaired) electrons. The van der Waals surface area contributed by atoms with Gasteiger partial charge in [-0.2, -0.15) is 0 Å². The summed E-state index contributed by atoms with van der Waals surface area (Å²) in [6.07, 6.45) is 1.31. The lowest BCUT2D eigenvalue weighted by Crippen LogP contribution is -2.30. The van der Waals surface area contributed by atoms with Crippen molar-refractivity contribution in [3.05, 3.63) is 29.8 Å². The zero-order valence-electron chi connectivity index (χ0n) is 11.2. The molecule has 2 nitrogen and oxygen atoms in total. The van der Waals surface area contributed by atoms with Gasteiger partial charge in [0.05, 0.1) is 0 Å². The lowest BCUT2D eigenvalue weighted by atomic mass is 10.1. The minimum absolute atomic E-state index is 0.600. The number of hydrogen-bond acceptors (Lipinski definition) is 2. The smallest absolute Gasteiger partial charge is 0.0396 e. The number of hydrogen-bond donors (Lipinski definition) is 1. The van der Waals surface area contributed by atoms with Gasteiger partial charge in [0.25, 0.3) is 0 Å². The van der Waals surface area contributed by atoms with Crippen molar-refractivity contribution in [1.82, 2.24) is 5.32 Å². The molecule has 1 aliphatic rings. The minimum Gasteiger partial charge on any atom is -0.371 e. The number of nitrogens with zero attached hydrogens (tertiary/aromatic N) is 1. The van der Waals surface area contributed by atoms with Gasteiger partial charge in [-0.05, 0) is 37.4 Å². The first-order chi connectivity index (χ1) is 8.16. The highest BCUT2D eigenvalue weighted by molar-refractivity contribution is 5.53. The van der Waals surface area contributed by atoms with Crippen LogP contribution >= 0.6 is 0 Å². The van der Waals surface area contributed by atoms with E-state index in [0.29, 0.717) is 6.04 Å². The highest BCUT2D eigenvalue weighted by atomic mass is 15.2. The molecule has 0 saturated carbocycles. The van der Waals surface area contributed by atoms with E-state index in [2.05, 4.69) is 55.3 Å². The molecule has 1 aliphatic heterocycles. The van der Waals surface area contributed by atoms with Gasteiger partial charge in [-0.15, -0.1) is 0 Å². The standard InChI is InChI=1S/C15H24N2/c1-12(2)16-10-14-8-9-17(11-14)15-7-5-4-6-13(15)3/h4-7,12,14,16H,8-11H2,1-3H3. The van der Waals surface area contributed by atoms with Crippen molar-refractivity contribution < 1.29 is 0 Å². The Morgan fingerprint density at radius 1 is 1.35 bits per heavy atom. The molecule has 1 unspecified atom stereocenters. The Morgan fingerprint density at radius 2 is 2.12 bits per heavy atom. The third kappa shape index (κ3) is 3.22. The quantitative estimate of drug-likeness (QED) is 0.858. The Kier molecular flexibility index (Phi) is 4.06. The van der Waals surface area contributed by atoms with E-state index >= 15 is 0 Å². The maximum Gasteiger partial charge on any atom is 0.0396 e. The van der Waals surface area contributed by atoms with Crippen molar-refractivity contribution in [3.8, 4) is 0 Å². The summed E-state index contributed by atoms with van der Waals surface area (Å²) in [6.45, 7) is 10.2. The van der Waals surface area contributed by atoms with Crippen LogP contribution in [0.3, 0.4) is 0 Å². The third-order valence-corrected chi connectivity index (χ3v) is 3.56. The molecule has 1 aromatic rings. The topological polar surface area (TPSA) is 15.3 Å². The molecule has 2 heteroatoms. The summed E-state index contributed by atoms with van der Waals surface area (Å²) in [6, 6.07) is 9.31. The van der Waals surface area contributed by atoms with E-state index in [4.69, 9.17) is 0 Å². The average Bonchev–Trinajstić information content (AvgIpc) is 2.75. The van der Waals surface area contributed by atoms with Crippen LogP contribution in [0.4, 0.5) is 5.69 Å². The number of rotatable bonds is 4. The fraction of sp³-hybridized carbons (Fsp3) is 0.600. The van der Waals surface area contributed by atoms with Crippen LogP contribution in [0, 0.1) is 12.8 Å². The number of para-hydroxylation sites is 1. The van der Waals surface area contributed by atoms with Gasteiger partial charge in [0.15, 0.2) is 0 Å². The van der Waals surface area contributed by atoms with Gasteiger partial charge >= 0.3 is 0 Å². The molecule has 1 aromatic carbocycles. The van der Waals surface area contributed by atoms with Crippen LogP contribution in [0.1, 0.15) is 25.8 Å². The Morgan fingerprint density at radius 3 is 2.82 bits per heavy atom. The first kappa shape index (κ1) is 12.4. The van der Waals surface area contributed by atoms with E-state index in [9.17, 15) is 0 Å². The summed E-state index contributed by atoms with van der Waals surface area (Å²) in [5.74, 6) is 0.803. The van der Waals surface area contributed by atoms with Gasteiger partial charge in [-0.1, -0.05) is 32.0 Å². The lowest BCUT2D eigenvalue weighted by molar-refractivity contribution is 0.480. The molecule has 0 aromatic heterocycles. The largest absolute Gasteiger partial charge is 0.371 e. The van der Waals surface area contributed by atoms with Gasteiger partial charge in [0.2, 0.25) is 0 Å². The fourth-order valence-corrected chi connectivity index (χ4v) is 2.54. The SMILES string of the molecule is Cc1ccccc1N1CCC(CNC(C)C)C1. The van der Waals surface area contributed by atoms with Gasteiger partial charge < -0.3 is 10.2 Å². The van der Waals surface area contributed by atoms with Gasteiger partial charge in [0.1, 0.15) is 0 Å². The Bertz CT molecular complexity index is 360. The van der Waals surface area contributed by atoms with Crippen molar-refractivity contribution in [3.63, 3.8) is 0 Å². The summed E-state index contributed by atoms with van der Waals surface area (Å²) >= 11 is 0. The van der Waals surface area contributed by atoms with Gasteiger partial charge in [-0.25, -0.2) is 0 Å². The Labute approximate surface area is 105 Å². The maximum absolute atomic E-state index is 3.55. The van der Waals surface area contributed by atoms with Gasteiger partial charge in [-0.3, -0.25) is 0 Å². The molecular formula is C15H24N2. The van der Waals surface area contributed by atoms with E-state index in [0.717, 1.165) is 12.5 Å². The molecular weight excluding hydrogens is 208 g/mol. The van der Waals surface area contributed by atoms with Crippen LogP contribution in [0.15, 0.2) is 24.3 Å². The summed E-state index contributed by atoms with van der Waals surface area (Å²) in [4.78, 5) is 2.53. The molecule has 1 saturated heterocycles. The molecule has 0 bridgehead atoms. The lowest BCUT2D eigenvalue weighted by Gasteiger charge is -2.21. The fourth-order valence-electron chi connectivity index (χ4n) is 2.54. The van der Waals surface area contributed by atoms with Crippen molar-refractivity contribution in [2.45, 2.75) is 33.2 Å². The summed E-state index contributed by atoms with van der Waals surface area (Å²) < 4.78 is 0. The molecule has 0 spiro atoms. The van der Waals surface area contributed by atoms with Crippen molar-refractivity contribution in [2.75, 3.05) is 24.5 Å². The average molecular weight is 232 g/mol. The molecule has 1 N–H and O–H groups in total. The zero-order chi connectivity index (χ0) is 12.3. The van der Waals surface area contributed by atoms with Crippen LogP contribution in [0.25, 0.3) is 0 Å². The second kappa shape index (κ2) is 5.54. The van der Waals surface area contributed by atoms with Crippen LogP contribution in [-0.4, -0.2) is 25.7 Å². The summed E-state index contributed by atoms with van der Waals surface area (Å²) in [7, 11) is 0. The van der Waals surface area contributed by atoms with Crippen LogP contribution in [-0.2, 0) is 0 Å². The Hall–Kier alpha value is -1.02. The molecule has 1 heterocycles. The number of aryl methyl sites for hydroxylation is 1. The highest BCUT2D eigenvalue weighted by Gasteiger charge is 2.23. The normalized spacial score (nSPS) is 20.2. The number of nitrogens with one attached hydrogen (secondary N) is 1. The maximum atomic E-state index is 3.55. The first-order valence-corrected chi connectivity index (χ1v) is 6.71. The number of benzene rings is 1. The molecule has 94 valence electrons. The molecule has 0 aliphatic carbocycles. The Balaban J connectivity index is 1.92. The van der Waals surface area contributed by atoms with Gasteiger partial charge in [0, 0.05) is 24.8 Å². The van der Waals surface area contributed by atoms with Crippen LogP contribution in [0.2, 0.25) is 0 Å². The predicted molar refractivity (Wildman–Crippen MR) is 74.6 cm³/mol. The molecule has 17 heavy (non-hydrogen) atoms. The van der Waals surface area contributed by atoms with E-state index < -0.39 is 0 Å². The van der Waals surface area contributed by atoms with E-state index in [-0.39, 0.29) is 0 Å². The van der Waals surface area contributed by atoms with Crippen molar-refractivity contribution in [1.29, 1.82) is 0 Å². The van der Waals surface area contributed by atoms with Crippen LogP contribution < -0.4 is 10.2 Å². The van der Waals surface area contributed by atoms with Crippen molar-refractivity contribution >= 4 is 5.69 Å². The molecule has 2 rings (SSSR count). The van der Waals surface area contributed by atoms with Crippen LogP contribution in [0.5, 0.6) is 0 Å². The summed E-state index contributed by atoms with van der Waals surface area (Å²) in [5.41, 5.74) is 2.81. The number of anilines is 1.